The SMILES string of the molecule is COC(=O)C=Cc1cc(OCc2cccc(-c3c(C)cccc3C)c2)cs1. The van der Waals surface area contributed by atoms with E-state index in [-0.39, 0.29) is 5.97 Å². The molecule has 0 amide bonds. The Hall–Kier alpha value is -2.85. The zero-order chi connectivity index (χ0) is 19.2. The Morgan fingerprint density at radius 1 is 1.07 bits per heavy atom. The van der Waals surface area contributed by atoms with Crippen molar-refractivity contribution in [2.45, 2.75) is 20.5 Å². The number of benzene rings is 2. The zero-order valence-corrected chi connectivity index (χ0v) is 16.5. The van der Waals surface area contributed by atoms with Crippen molar-refractivity contribution in [1.82, 2.24) is 0 Å². The summed E-state index contributed by atoms with van der Waals surface area (Å²) >= 11 is 1.52. The first-order valence-electron chi connectivity index (χ1n) is 8.69. The van der Waals surface area contributed by atoms with E-state index in [1.807, 2.05) is 11.4 Å². The molecule has 0 saturated heterocycles. The van der Waals surface area contributed by atoms with Crippen molar-refractivity contribution in [3.05, 3.63) is 81.6 Å². The molecule has 0 unspecified atom stereocenters. The van der Waals surface area contributed by atoms with Crippen LogP contribution in [0.5, 0.6) is 5.75 Å². The fourth-order valence-corrected chi connectivity index (χ4v) is 3.69. The van der Waals surface area contributed by atoms with Gasteiger partial charge < -0.3 is 9.47 Å². The fourth-order valence-electron chi connectivity index (χ4n) is 2.97. The number of esters is 1. The lowest BCUT2D eigenvalue weighted by Crippen LogP contribution is -1.95. The van der Waals surface area contributed by atoms with Gasteiger partial charge in [0.1, 0.15) is 12.4 Å². The van der Waals surface area contributed by atoms with Crippen molar-refractivity contribution in [3.63, 3.8) is 0 Å². The summed E-state index contributed by atoms with van der Waals surface area (Å²) < 4.78 is 10.5. The molecule has 3 nitrogen and oxygen atoms in total. The zero-order valence-electron chi connectivity index (χ0n) is 15.7. The van der Waals surface area contributed by atoms with Crippen LogP contribution >= 0.6 is 11.3 Å². The van der Waals surface area contributed by atoms with Gasteiger partial charge in [0.05, 0.1) is 7.11 Å². The van der Waals surface area contributed by atoms with E-state index in [0.717, 1.165) is 16.2 Å². The number of carbonyl (C=O) groups is 1. The van der Waals surface area contributed by atoms with Gasteiger partial charge in [0.15, 0.2) is 0 Å². The minimum Gasteiger partial charge on any atom is -0.488 e. The summed E-state index contributed by atoms with van der Waals surface area (Å²) in [6.07, 6.45) is 3.13. The van der Waals surface area contributed by atoms with Crippen molar-refractivity contribution in [3.8, 4) is 16.9 Å². The molecule has 3 rings (SSSR count). The summed E-state index contributed by atoms with van der Waals surface area (Å²) in [6, 6.07) is 16.7. The quantitative estimate of drug-likeness (QED) is 0.402. The summed E-state index contributed by atoms with van der Waals surface area (Å²) in [6.45, 7) is 4.77. The van der Waals surface area contributed by atoms with Gasteiger partial charge in [0.25, 0.3) is 0 Å². The minimum absolute atomic E-state index is 0.366. The Morgan fingerprint density at radius 3 is 2.56 bits per heavy atom. The number of hydrogen-bond acceptors (Lipinski definition) is 4. The van der Waals surface area contributed by atoms with Gasteiger partial charge in [-0.1, -0.05) is 36.4 Å². The fraction of sp³-hybridized carbons (Fsp3) is 0.174. The van der Waals surface area contributed by atoms with Crippen LogP contribution in [0.15, 0.2) is 60.0 Å². The highest BCUT2D eigenvalue weighted by Gasteiger charge is 2.07. The van der Waals surface area contributed by atoms with E-state index in [0.29, 0.717) is 6.61 Å². The first kappa shape index (κ1) is 18.9. The number of carbonyl (C=O) groups excluding carboxylic acids is 1. The Kier molecular flexibility index (Phi) is 6.09. The highest BCUT2D eigenvalue weighted by Crippen LogP contribution is 2.28. The molecule has 0 radical (unpaired) electrons. The van der Waals surface area contributed by atoms with Crippen molar-refractivity contribution in [1.29, 1.82) is 0 Å². The van der Waals surface area contributed by atoms with Gasteiger partial charge in [-0.15, -0.1) is 11.3 Å². The monoisotopic (exact) mass is 378 g/mol. The summed E-state index contributed by atoms with van der Waals surface area (Å²) in [5, 5.41) is 1.94. The normalized spacial score (nSPS) is 10.9. The number of rotatable bonds is 6. The van der Waals surface area contributed by atoms with Crippen LogP contribution < -0.4 is 4.74 Å². The topological polar surface area (TPSA) is 35.5 Å². The van der Waals surface area contributed by atoms with E-state index in [4.69, 9.17) is 4.74 Å². The molecule has 0 fully saturated rings. The second-order valence-electron chi connectivity index (χ2n) is 6.30. The van der Waals surface area contributed by atoms with Crippen LogP contribution in [-0.2, 0) is 16.1 Å². The van der Waals surface area contributed by atoms with Gasteiger partial charge in [0, 0.05) is 16.3 Å². The largest absolute Gasteiger partial charge is 0.488 e. The number of aryl methyl sites for hydroxylation is 2. The first-order chi connectivity index (χ1) is 13.1. The van der Waals surface area contributed by atoms with Gasteiger partial charge in [0.2, 0.25) is 0 Å². The third kappa shape index (κ3) is 4.86. The molecular formula is C23H22O3S. The summed E-state index contributed by atoms with van der Waals surface area (Å²) in [4.78, 5) is 12.1. The maximum absolute atomic E-state index is 11.2. The van der Waals surface area contributed by atoms with Crippen LogP contribution in [-0.4, -0.2) is 13.1 Å². The lowest BCUT2D eigenvalue weighted by molar-refractivity contribution is -0.134. The molecule has 4 heteroatoms. The summed E-state index contributed by atoms with van der Waals surface area (Å²) in [5.41, 5.74) is 6.15. The predicted molar refractivity (Wildman–Crippen MR) is 111 cm³/mol. The maximum atomic E-state index is 11.2. The number of hydrogen-bond donors (Lipinski definition) is 0. The van der Waals surface area contributed by atoms with Crippen LogP contribution in [0.25, 0.3) is 17.2 Å². The Morgan fingerprint density at radius 2 is 1.81 bits per heavy atom. The van der Waals surface area contributed by atoms with Gasteiger partial charge in [-0.2, -0.15) is 0 Å². The van der Waals surface area contributed by atoms with Crippen molar-refractivity contribution in [2.75, 3.05) is 7.11 Å². The van der Waals surface area contributed by atoms with E-state index in [1.54, 1.807) is 6.08 Å². The molecule has 0 N–H and O–H groups in total. The average molecular weight is 378 g/mol. The lowest BCUT2D eigenvalue weighted by atomic mass is 9.95. The molecule has 0 atom stereocenters. The molecule has 0 aliphatic heterocycles. The van der Waals surface area contributed by atoms with Crippen molar-refractivity contribution < 1.29 is 14.3 Å². The minimum atomic E-state index is -0.366. The number of methoxy groups -OCH3 is 1. The Bertz CT molecular complexity index is 949. The highest BCUT2D eigenvalue weighted by atomic mass is 32.1. The van der Waals surface area contributed by atoms with E-state index < -0.39 is 0 Å². The molecule has 0 aliphatic rings. The highest BCUT2D eigenvalue weighted by molar-refractivity contribution is 7.11. The molecular weight excluding hydrogens is 356 g/mol. The molecule has 27 heavy (non-hydrogen) atoms. The van der Waals surface area contributed by atoms with E-state index in [9.17, 15) is 4.79 Å². The standard InChI is InChI=1S/C23H22O3S/c1-16-6-4-7-17(2)23(16)19-9-5-8-18(12-19)14-26-20-13-21(27-15-20)10-11-22(24)25-3/h4-13,15H,14H2,1-3H3. The Labute approximate surface area is 163 Å². The van der Waals surface area contributed by atoms with Crippen LogP contribution in [0.2, 0.25) is 0 Å². The third-order valence-electron chi connectivity index (χ3n) is 4.28. The Balaban J connectivity index is 1.70. The average Bonchev–Trinajstić information content (AvgIpc) is 3.12. The molecule has 3 aromatic rings. The number of thiophene rings is 1. The molecule has 1 aromatic heterocycles. The molecule has 0 aliphatic carbocycles. The van der Waals surface area contributed by atoms with Crippen molar-refractivity contribution in [2.24, 2.45) is 0 Å². The second-order valence-corrected chi connectivity index (χ2v) is 7.24. The van der Waals surface area contributed by atoms with Gasteiger partial charge in [-0.25, -0.2) is 4.79 Å². The van der Waals surface area contributed by atoms with E-state index in [1.165, 1.54) is 46.8 Å². The molecule has 0 saturated carbocycles. The van der Waals surface area contributed by atoms with Crippen LogP contribution in [0.3, 0.4) is 0 Å². The molecule has 138 valence electrons. The summed E-state index contributed by atoms with van der Waals surface area (Å²) in [7, 11) is 1.36. The smallest absolute Gasteiger partial charge is 0.330 e. The van der Waals surface area contributed by atoms with Crippen LogP contribution in [0, 0.1) is 13.8 Å². The number of ether oxygens (including phenoxy) is 2. The predicted octanol–water partition coefficient (Wildman–Crippen LogP) is 5.80. The molecule has 0 spiro atoms. The van der Waals surface area contributed by atoms with E-state index >= 15 is 0 Å². The van der Waals surface area contributed by atoms with Crippen LogP contribution in [0.4, 0.5) is 0 Å². The van der Waals surface area contributed by atoms with Gasteiger partial charge in [-0.3, -0.25) is 0 Å². The van der Waals surface area contributed by atoms with Gasteiger partial charge in [-0.05, 0) is 59.9 Å². The molecule has 2 aromatic carbocycles. The lowest BCUT2D eigenvalue weighted by Gasteiger charge is -2.11. The second kappa shape index (κ2) is 8.69. The summed E-state index contributed by atoms with van der Waals surface area (Å²) in [5.74, 6) is 0.427. The van der Waals surface area contributed by atoms with Crippen LogP contribution in [0.1, 0.15) is 21.6 Å². The van der Waals surface area contributed by atoms with E-state index in [2.05, 4.69) is 61.0 Å². The maximum Gasteiger partial charge on any atom is 0.330 e. The molecule has 1 heterocycles. The third-order valence-corrected chi connectivity index (χ3v) is 5.16. The van der Waals surface area contributed by atoms with Gasteiger partial charge >= 0.3 is 5.97 Å². The van der Waals surface area contributed by atoms with Crippen molar-refractivity contribution >= 4 is 23.4 Å². The molecule has 0 bridgehead atoms. The first-order valence-corrected chi connectivity index (χ1v) is 9.57.